The first kappa shape index (κ1) is 18.3. The van der Waals surface area contributed by atoms with Crippen molar-refractivity contribution in [1.29, 1.82) is 0 Å². The zero-order valence-electron chi connectivity index (χ0n) is 12.4. The summed E-state index contributed by atoms with van der Waals surface area (Å²) in [5.41, 5.74) is 1.12. The number of phenolic OH excluding ortho intramolecular Hbond substituents is 1. The lowest BCUT2D eigenvalue weighted by molar-refractivity contribution is -0.118. The van der Waals surface area contributed by atoms with Crippen LogP contribution in [0.2, 0.25) is 10.0 Å². The molecule has 0 aliphatic carbocycles. The number of aromatic hydroxyl groups is 1. The first-order valence-corrected chi connectivity index (χ1v) is 7.40. The van der Waals surface area contributed by atoms with Gasteiger partial charge in [0.15, 0.2) is 5.75 Å². The normalized spacial score (nSPS) is 10.2. The van der Waals surface area contributed by atoms with E-state index in [2.05, 4.69) is 17.2 Å². The van der Waals surface area contributed by atoms with E-state index in [1.54, 1.807) is 13.8 Å². The van der Waals surface area contributed by atoms with Crippen LogP contribution in [0.25, 0.3) is 0 Å². The summed E-state index contributed by atoms with van der Waals surface area (Å²) in [5, 5.41) is 15.5. The molecule has 0 saturated heterocycles. The van der Waals surface area contributed by atoms with E-state index in [1.807, 2.05) is 0 Å². The first-order valence-electron chi connectivity index (χ1n) is 6.65. The van der Waals surface area contributed by atoms with Crippen molar-refractivity contribution in [3.63, 3.8) is 0 Å². The zero-order valence-corrected chi connectivity index (χ0v) is 13.9. The fraction of sp³-hybridized carbons (Fsp3) is 0.333. The zero-order chi connectivity index (χ0) is 16.9. The quantitative estimate of drug-likeness (QED) is 0.420. The van der Waals surface area contributed by atoms with E-state index in [9.17, 15) is 14.7 Å². The van der Waals surface area contributed by atoms with Crippen molar-refractivity contribution in [3.8, 4) is 5.75 Å². The van der Waals surface area contributed by atoms with Crippen molar-refractivity contribution in [2.75, 3.05) is 11.9 Å². The summed E-state index contributed by atoms with van der Waals surface area (Å²) in [6.45, 7) is 7.15. The van der Waals surface area contributed by atoms with E-state index in [0.717, 1.165) is 0 Å². The smallest absolute Gasteiger partial charge is 0.246 e. The molecule has 5 nitrogen and oxygen atoms in total. The maximum atomic E-state index is 11.8. The molecule has 1 aromatic carbocycles. The molecule has 2 amide bonds. The summed E-state index contributed by atoms with van der Waals surface area (Å²) in [4.78, 5) is 23.1. The third-order valence-corrected chi connectivity index (χ3v) is 3.80. The van der Waals surface area contributed by atoms with Gasteiger partial charge in [0, 0.05) is 23.6 Å². The van der Waals surface area contributed by atoms with Crippen LogP contribution in [0.4, 0.5) is 5.69 Å². The van der Waals surface area contributed by atoms with Crippen LogP contribution in [-0.4, -0.2) is 23.5 Å². The molecule has 1 rings (SSSR count). The highest BCUT2D eigenvalue weighted by Gasteiger charge is 2.14. The van der Waals surface area contributed by atoms with Gasteiger partial charge in [0.25, 0.3) is 0 Å². The topological polar surface area (TPSA) is 78.4 Å². The number of rotatable bonds is 6. The number of carbonyl (C=O) groups excluding carboxylic acids is 2. The van der Waals surface area contributed by atoms with Gasteiger partial charge in [-0.3, -0.25) is 9.59 Å². The number of halogens is 2. The van der Waals surface area contributed by atoms with Crippen LogP contribution in [0.1, 0.15) is 25.3 Å². The minimum Gasteiger partial charge on any atom is -0.504 e. The molecule has 120 valence electrons. The van der Waals surface area contributed by atoms with Gasteiger partial charge >= 0.3 is 0 Å². The van der Waals surface area contributed by atoms with Crippen molar-refractivity contribution in [2.24, 2.45) is 0 Å². The molecule has 1 aromatic rings. The maximum Gasteiger partial charge on any atom is 0.246 e. The van der Waals surface area contributed by atoms with Crippen molar-refractivity contribution >= 4 is 40.7 Å². The Bertz CT molecular complexity index is 615. The monoisotopic (exact) mass is 344 g/mol. The number of nitrogens with one attached hydrogen (secondary N) is 2. The Hall–Kier alpha value is -1.72. The van der Waals surface area contributed by atoms with Gasteiger partial charge in [0.2, 0.25) is 11.8 Å². The van der Waals surface area contributed by atoms with Crippen molar-refractivity contribution in [1.82, 2.24) is 5.32 Å². The second-order valence-corrected chi connectivity index (χ2v) is 5.67. The molecule has 0 atom stereocenters. The van der Waals surface area contributed by atoms with Crippen LogP contribution in [-0.2, 0) is 9.59 Å². The average molecular weight is 345 g/mol. The summed E-state index contributed by atoms with van der Waals surface area (Å²) in [5.74, 6) is -0.765. The fourth-order valence-corrected chi connectivity index (χ4v) is 2.07. The Morgan fingerprint density at radius 2 is 2.00 bits per heavy atom. The fourth-order valence-electron chi connectivity index (χ4n) is 1.61. The number of hydrogen-bond acceptors (Lipinski definition) is 3. The minimum atomic E-state index is -0.309. The molecule has 7 heteroatoms. The lowest BCUT2D eigenvalue weighted by Crippen LogP contribution is -2.25. The summed E-state index contributed by atoms with van der Waals surface area (Å²) >= 11 is 11.9. The third-order valence-electron chi connectivity index (χ3n) is 2.95. The number of phenols is 1. The predicted molar refractivity (Wildman–Crippen MR) is 88.6 cm³/mol. The number of anilines is 1. The van der Waals surface area contributed by atoms with Crippen LogP contribution >= 0.6 is 23.2 Å². The average Bonchev–Trinajstić information content (AvgIpc) is 2.46. The van der Waals surface area contributed by atoms with Crippen LogP contribution in [0, 0.1) is 6.92 Å². The lowest BCUT2D eigenvalue weighted by atomic mass is 10.2. The molecule has 0 bridgehead atoms. The van der Waals surface area contributed by atoms with E-state index in [1.165, 1.54) is 6.07 Å². The lowest BCUT2D eigenvalue weighted by Gasteiger charge is -2.11. The van der Waals surface area contributed by atoms with E-state index in [-0.39, 0.29) is 34.7 Å². The van der Waals surface area contributed by atoms with Crippen molar-refractivity contribution in [3.05, 3.63) is 33.8 Å². The van der Waals surface area contributed by atoms with E-state index < -0.39 is 0 Å². The van der Waals surface area contributed by atoms with Gasteiger partial charge in [-0.1, -0.05) is 29.8 Å². The van der Waals surface area contributed by atoms with Crippen LogP contribution in [0.15, 0.2) is 18.2 Å². The number of amides is 2. The molecule has 0 saturated carbocycles. The second-order valence-electron chi connectivity index (χ2n) is 4.88. The molecular formula is C15H18Cl2N2O3. The molecular weight excluding hydrogens is 327 g/mol. The predicted octanol–water partition coefficient (Wildman–Crippen LogP) is 3.42. The molecule has 0 aliphatic rings. The summed E-state index contributed by atoms with van der Waals surface area (Å²) in [6.07, 6.45) is 0.637. The molecule has 0 spiro atoms. The van der Waals surface area contributed by atoms with Gasteiger partial charge in [-0.2, -0.15) is 0 Å². The Labute approximate surface area is 139 Å². The summed E-state index contributed by atoms with van der Waals surface area (Å²) in [7, 11) is 0. The Kier molecular flexibility index (Phi) is 6.71. The van der Waals surface area contributed by atoms with E-state index in [4.69, 9.17) is 23.2 Å². The van der Waals surface area contributed by atoms with Gasteiger partial charge in [-0.25, -0.2) is 0 Å². The van der Waals surface area contributed by atoms with Gasteiger partial charge in [-0.05, 0) is 31.9 Å². The highest BCUT2D eigenvalue weighted by atomic mass is 35.5. The largest absolute Gasteiger partial charge is 0.504 e. The Morgan fingerprint density at radius 1 is 1.36 bits per heavy atom. The van der Waals surface area contributed by atoms with E-state index in [0.29, 0.717) is 29.1 Å². The van der Waals surface area contributed by atoms with Gasteiger partial charge < -0.3 is 15.7 Å². The van der Waals surface area contributed by atoms with Crippen molar-refractivity contribution < 1.29 is 14.7 Å². The highest BCUT2D eigenvalue weighted by Crippen LogP contribution is 2.38. The molecule has 0 unspecified atom stereocenters. The molecule has 0 aliphatic heterocycles. The standard InChI is InChI=1S/C15H18Cl2N2O3/c1-8(2)15(22)18-6-4-5-12(20)19-11-7-10(16)9(3)13(17)14(11)21/h7,21H,1,4-6H2,2-3H3,(H,18,22)(H,19,20). The highest BCUT2D eigenvalue weighted by molar-refractivity contribution is 6.37. The first-order chi connectivity index (χ1) is 10.2. The number of benzene rings is 1. The number of hydrogen-bond donors (Lipinski definition) is 3. The van der Waals surface area contributed by atoms with Gasteiger partial charge in [0.1, 0.15) is 0 Å². The second kappa shape index (κ2) is 8.06. The van der Waals surface area contributed by atoms with Crippen LogP contribution < -0.4 is 10.6 Å². The SMILES string of the molecule is C=C(C)C(=O)NCCCC(=O)Nc1cc(Cl)c(C)c(Cl)c1O. The third kappa shape index (κ3) is 4.93. The Morgan fingerprint density at radius 3 is 2.59 bits per heavy atom. The van der Waals surface area contributed by atoms with Gasteiger partial charge in [-0.15, -0.1) is 0 Å². The molecule has 3 N–H and O–H groups in total. The molecule has 0 radical (unpaired) electrons. The number of carbonyl (C=O) groups is 2. The molecule has 0 heterocycles. The minimum absolute atomic E-state index is 0.108. The van der Waals surface area contributed by atoms with Gasteiger partial charge in [0.05, 0.1) is 10.7 Å². The maximum absolute atomic E-state index is 11.8. The summed E-state index contributed by atoms with van der Waals surface area (Å²) < 4.78 is 0. The van der Waals surface area contributed by atoms with Crippen LogP contribution in [0.5, 0.6) is 5.75 Å². The van der Waals surface area contributed by atoms with E-state index >= 15 is 0 Å². The Balaban J connectivity index is 2.53. The van der Waals surface area contributed by atoms with Crippen molar-refractivity contribution in [2.45, 2.75) is 26.7 Å². The summed E-state index contributed by atoms with van der Waals surface area (Å²) in [6, 6.07) is 1.44. The van der Waals surface area contributed by atoms with Crippen LogP contribution in [0.3, 0.4) is 0 Å². The molecule has 0 fully saturated rings. The molecule has 0 aromatic heterocycles. The molecule has 22 heavy (non-hydrogen) atoms.